The van der Waals surface area contributed by atoms with Crippen molar-refractivity contribution in [3.63, 3.8) is 0 Å². The largest absolute Gasteiger partial charge is 0.256 e. The zero-order valence-electron chi connectivity index (χ0n) is 15.7. The summed E-state index contributed by atoms with van der Waals surface area (Å²) < 4.78 is 18.2. The number of allylic oxidation sites excluding steroid dienone is 1. The summed E-state index contributed by atoms with van der Waals surface area (Å²) >= 11 is 1.60. The molecule has 0 bridgehead atoms. The number of rotatable bonds is 3. The summed E-state index contributed by atoms with van der Waals surface area (Å²) in [6.07, 6.45) is 12.9. The second-order valence-corrected chi connectivity index (χ2v) is 8.63. The van der Waals surface area contributed by atoms with Gasteiger partial charge in [-0.1, -0.05) is 37.1 Å². The molecular weight excluding hydrogens is 367 g/mol. The lowest BCUT2D eigenvalue weighted by Gasteiger charge is -2.39. The van der Waals surface area contributed by atoms with E-state index in [1.54, 1.807) is 23.7 Å². The van der Waals surface area contributed by atoms with Gasteiger partial charge < -0.3 is 0 Å². The predicted molar refractivity (Wildman–Crippen MR) is 113 cm³/mol. The highest BCUT2D eigenvalue weighted by atomic mass is 32.1. The molecule has 28 heavy (non-hydrogen) atoms. The molecule has 0 spiro atoms. The molecule has 1 saturated carbocycles. The van der Waals surface area contributed by atoms with Gasteiger partial charge in [-0.05, 0) is 78.0 Å². The molecular formula is C24H23FN2S. The Morgan fingerprint density at radius 1 is 1.07 bits per heavy atom. The molecule has 2 aromatic heterocycles. The van der Waals surface area contributed by atoms with Gasteiger partial charge in [-0.25, -0.2) is 4.39 Å². The van der Waals surface area contributed by atoms with Crippen molar-refractivity contribution >= 4 is 17.6 Å². The van der Waals surface area contributed by atoms with Gasteiger partial charge in [-0.2, -0.15) is 4.37 Å². The fourth-order valence-corrected chi connectivity index (χ4v) is 5.67. The topological polar surface area (TPSA) is 25.8 Å². The van der Waals surface area contributed by atoms with E-state index >= 15 is 0 Å². The van der Waals surface area contributed by atoms with Crippen molar-refractivity contribution in [3.05, 3.63) is 76.8 Å². The van der Waals surface area contributed by atoms with E-state index < -0.39 is 0 Å². The molecule has 1 fully saturated rings. The van der Waals surface area contributed by atoms with Crippen molar-refractivity contribution in [2.45, 2.75) is 38.0 Å². The number of hydrogen-bond acceptors (Lipinski definition) is 3. The summed E-state index contributed by atoms with van der Waals surface area (Å²) in [6, 6.07) is 10.7. The minimum Gasteiger partial charge on any atom is -0.256 e. The van der Waals surface area contributed by atoms with Crippen LogP contribution in [0.3, 0.4) is 0 Å². The first-order valence-corrected chi connectivity index (χ1v) is 10.9. The molecule has 3 aromatic rings. The second-order valence-electron chi connectivity index (χ2n) is 8.00. The molecule has 5 rings (SSSR count). The van der Waals surface area contributed by atoms with E-state index in [9.17, 15) is 4.39 Å². The summed E-state index contributed by atoms with van der Waals surface area (Å²) in [5.74, 6) is 1.70. The third kappa shape index (κ3) is 3.42. The van der Waals surface area contributed by atoms with E-state index in [4.69, 9.17) is 4.37 Å². The van der Waals surface area contributed by atoms with Crippen LogP contribution in [0.1, 0.15) is 48.6 Å². The number of pyridine rings is 1. The van der Waals surface area contributed by atoms with Crippen molar-refractivity contribution in [1.29, 1.82) is 0 Å². The minimum atomic E-state index is -0.222. The van der Waals surface area contributed by atoms with Crippen molar-refractivity contribution < 1.29 is 4.39 Å². The lowest BCUT2D eigenvalue weighted by Crippen LogP contribution is -2.31. The van der Waals surface area contributed by atoms with Crippen LogP contribution in [0.25, 0.3) is 17.2 Å². The monoisotopic (exact) mass is 390 g/mol. The van der Waals surface area contributed by atoms with Gasteiger partial charge in [0.1, 0.15) is 5.82 Å². The van der Waals surface area contributed by atoms with Gasteiger partial charge in [0.15, 0.2) is 0 Å². The zero-order chi connectivity index (χ0) is 18.9. The second kappa shape index (κ2) is 7.59. The number of benzene rings is 1. The molecule has 2 nitrogen and oxygen atoms in total. The fourth-order valence-electron chi connectivity index (χ4n) is 4.92. The molecule has 1 aromatic carbocycles. The first-order chi connectivity index (χ1) is 13.8. The Morgan fingerprint density at radius 2 is 2.00 bits per heavy atom. The van der Waals surface area contributed by atoms with Crippen LogP contribution in [0.4, 0.5) is 4.39 Å². The van der Waals surface area contributed by atoms with Crippen LogP contribution in [0, 0.1) is 17.7 Å². The van der Waals surface area contributed by atoms with Crippen LogP contribution in [0.15, 0.2) is 54.1 Å². The summed E-state index contributed by atoms with van der Waals surface area (Å²) in [5, 5.41) is 2.24. The predicted octanol–water partition coefficient (Wildman–Crippen LogP) is 6.50. The number of halogens is 1. The molecule has 4 heteroatoms. The Kier molecular flexibility index (Phi) is 4.81. The van der Waals surface area contributed by atoms with Crippen LogP contribution < -0.4 is 0 Å². The summed E-state index contributed by atoms with van der Waals surface area (Å²) in [4.78, 5) is 4.59. The summed E-state index contributed by atoms with van der Waals surface area (Å²) in [5.41, 5.74) is 5.48. The average molecular weight is 391 g/mol. The van der Waals surface area contributed by atoms with Crippen LogP contribution in [0.2, 0.25) is 0 Å². The van der Waals surface area contributed by atoms with E-state index in [0.29, 0.717) is 11.8 Å². The quantitative estimate of drug-likeness (QED) is 0.510. The van der Waals surface area contributed by atoms with Gasteiger partial charge in [-0.3, -0.25) is 4.98 Å². The van der Waals surface area contributed by atoms with Gasteiger partial charge in [0.05, 0.1) is 11.4 Å². The highest BCUT2D eigenvalue weighted by molar-refractivity contribution is 7.03. The molecule has 0 amide bonds. The molecule has 0 saturated heterocycles. The Bertz CT molecular complexity index is 992. The van der Waals surface area contributed by atoms with Crippen molar-refractivity contribution in [1.82, 2.24) is 9.36 Å². The number of hydrogen-bond donors (Lipinski definition) is 0. The normalized spacial score (nSPS) is 24.1. The van der Waals surface area contributed by atoms with E-state index in [1.807, 2.05) is 24.4 Å². The van der Waals surface area contributed by atoms with Crippen LogP contribution in [0.5, 0.6) is 0 Å². The van der Waals surface area contributed by atoms with Crippen molar-refractivity contribution in [3.8, 4) is 11.1 Å². The van der Waals surface area contributed by atoms with Crippen LogP contribution in [-0.4, -0.2) is 9.36 Å². The first kappa shape index (κ1) is 17.7. The third-order valence-electron chi connectivity index (χ3n) is 6.32. The lowest BCUT2D eigenvalue weighted by atomic mass is 9.65. The molecule has 2 aliphatic rings. The van der Waals surface area contributed by atoms with Gasteiger partial charge >= 0.3 is 0 Å². The molecule has 0 N–H and O–H groups in total. The molecule has 0 radical (unpaired) electrons. The molecule has 2 aliphatic carbocycles. The van der Waals surface area contributed by atoms with Gasteiger partial charge in [0.2, 0.25) is 0 Å². The standard InChI is InChI=1S/C24H23FN2S/c25-20-6-3-5-16(13-20)18-8-9-21(26-14-18)10-11-23-22-7-2-1-4-17(22)12-19-15-28-27-24(19)23/h3,5-6,8-11,13-15,17,22-23H,1-2,4,7,12H2/b11-10+. The highest BCUT2D eigenvalue weighted by Crippen LogP contribution is 2.47. The maximum atomic E-state index is 13.5. The van der Waals surface area contributed by atoms with Crippen molar-refractivity contribution in [2.24, 2.45) is 11.8 Å². The minimum absolute atomic E-state index is 0.222. The van der Waals surface area contributed by atoms with Crippen molar-refractivity contribution in [2.75, 3.05) is 0 Å². The third-order valence-corrected chi connectivity index (χ3v) is 7.01. The maximum Gasteiger partial charge on any atom is 0.123 e. The highest BCUT2D eigenvalue weighted by Gasteiger charge is 2.38. The first-order valence-electron chi connectivity index (χ1n) is 10.1. The summed E-state index contributed by atoms with van der Waals surface area (Å²) in [6.45, 7) is 0. The van der Waals surface area contributed by atoms with Gasteiger partial charge in [-0.15, -0.1) is 0 Å². The fraction of sp³-hybridized carbons (Fsp3) is 0.333. The number of fused-ring (bicyclic) bond motifs is 2. The molecule has 142 valence electrons. The Labute approximate surface area is 169 Å². The average Bonchev–Trinajstić information content (AvgIpc) is 3.20. The Morgan fingerprint density at radius 3 is 2.86 bits per heavy atom. The van der Waals surface area contributed by atoms with Crippen LogP contribution in [-0.2, 0) is 6.42 Å². The Hall–Kier alpha value is -2.33. The SMILES string of the molecule is Fc1cccc(-c2ccc(/C=C/C3c4nscc4CC4CCCCC43)nc2)c1. The molecule has 0 aliphatic heterocycles. The van der Waals surface area contributed by atoms with E-state index in [2.05, 4.69) is 22.5 Å². The van der Waals surface area contributed by atoms with Crippen LogP contribution >= 0.6 is 11.5 Å². The molecule has 3 unspecified atom stereocenters. The maximum absolute atomic E-state index is 13.5. The molecule has 2 heterocycles. The zero-order valence-corrected chi connectivity index (χ0v) is 16.5. The summed E-state index contributed by atoms with van der Waals surface area (Å²) in [7, 11) is 0. The van der Waals surface area contributed by atoms with E-state index in [-0.39, 0.29) is 5.82 Å². The van der Waals surface area contributed by atoms with Gasteiger partial charge in [0.25, 0.3) is 0 Å². The number of nitrogens with zero attached hydrogens (tertiary/aromatic N) is 2. The van der Waals surface area contributed by atoms with Gasteiger partial charge in [0, 0.05) is 23.1 Å². The van der Waals surface area contributed by atoms with E-state index in [0.717, 1.165) is 22.7 Å². The van der Waals surface area contributed by atoms with E-state index in [1.165, 1.54) is 49.4 Å². The Balaban J connectivity index is 1.39. The number of aromatic nitrogens is 2. The molecule has 3 atom stereocenters. The lowest BCUT2D eigenvalue weighted by molar-refractivity contribution is 0.201. The smallest absolute Gasteiger partial charge is 0.123 e.